The Morgan fingerprint density at radius 3 is 1.47 bits per heavy atom. The van der Waals surface area contributed by atoms with Crippen LogP contribution < -0.4 is 0 Å². The maximum absolute atomic E-state index is 14.5. The molecule has 0 bridgehead atoms. The van der Waals surface area contributed by atoms with Crippen LogP contribution in [0.15, 0.2) is 103 Å². The molecular formula is C32H19ClO5. The van der Waals surface area contributed by atoms with Gasteiger partial charge in [-0.3, -0.25) is 19.2 Å². The number of rotatable bonds is 2. The molecule has 1 fully saturated rings. The highest BCUT2D eigenvalue weighted by Gasteiger charge is 2.79. The van der Waals surface area contributed by atoms with Crippen molar-refractivity contribution in [2.24, 2.45) is 5.41 Å². The zero-order chi connectivity index (χ0) is 26.2. The summed E-state index contributed by atoms with van der Waals surface area (Å²) in [4.78, 5) is 57.7. The molecule has 4 aromatic rings. The molecule has 0 unspecified atom stereocenters. The van der Waals surface area contributed by atoms with Crippen LogP contribution in [0.5, 0.6) is 0 Å². The molecule has 7 rings (SSSR count). The van der Waals surface area contributed by atoms with E-state index in [-0.39, 0.29) is 22.3 Å². The van der Waals surface area contributed by atoms with Crippen molar-refractivity contribution in [3.8, 4) is 0 Å². The third-order valence-electron chi connectivity index (χ3n) is 8.14. The summed E-state index contributed by atoms with van der Waals surface area (Å²) in [6.07, 6.45) is -1.18. The van der Waals surface area contributed by atoms with Gasteiger partial charge in [-0.2, -0.15) is 0 Å². The first kappa shape index (κ1) is 23.0. The van der Waals surface area contributed by atoms with Gasteiger partial charge in [-0.15, -0.1) is 0 Å². The van der Waals surface area contributed by atoms with Crippen molar-refractivity contribution in [2.75, 3.05) is 0 Å². The van der Waals surface area contributed by atoms with E-state index in [0.29, 0.717) is 16.1 Å². The summed E-state index contributed by atoms with van der Waals surface area (Å²) in [7, 11) is 0. The first-order valence-corrected chi connectivity index (χ1v) is 12.7. The number of Topliss-reactive ketones (excluding diaryl/α,β-unsaturated/α-hetero) is 4. The van der Waals surface area contributed by atoms with Gasteiger partial charge in [0.2, 0.25) is 17.2 Å². The predicted molar refractivity (Wildman–Crippen MR) is 140 cm³/mol. The zero-order valence-electron chi connectivity index (χ0n) is 19.9. The third kappa shape index (κ3) is 2.65. The number of carbonyl (C=O) groups excluding carboxylic acids is 4. The number of fused-ring (bicyclic) bond motifs is 2. The average Bonchev–Trinajstić information content (AvgIpc) is 3.48. The highest BCUT2D eigenvalue weighted by molar-refractivity contribution is 6.37. The Morgan fingerprint density at radius 1 is 0.526 bits per heavy atom. The summed E-state index contributed by atoms with van der Waals surface area (Å²) in [5, 5.41) is 0.440. The topological polar surface area (TPSA) is 77.5 Å². The molecular weight excluding hydrogens is 500 g/mol. The van der Waals surface area contributed by atoms with E-state index >= 15 is 0 Å². The number of benzene rings is 4. The van der Waals surface area contributed by atoms with Crippen molar-refractivity contribution < 1.29 is 23.9 Å². The lowest BCUT2D eigenvalue weighted by molar-refractivity contribution is -0.0210. The minimum atomic E-state index is -2.11. The fraction of sp³-hybridized carbons (Fsp3) is 0.125. The van der Waals surface area contributed by atoms with Gasteiger partial charge >= 0.3 is 0 Å². The van der Waals surface area contributed by atoms with Gasteiger partial charge in [0.1, 0.15) is 11.5 Å². The van der Waals surface area contributed by atoms with Gasteiger partial charge in [-0.05, 0) is 23.3 Å². The van der Waals surface area contributed by atoms with Crippen LogP contribution in [0.2, 0.25) is 5.02 Å². The molecule has 184 valence electrons. The van der Waals surface area contributed by atoms with Crippen LogP contribution in [0.25, 0.3) is 0 Å². The molecule has 2 atom stereocenters. The van der Waals surface area contributed by atoms with E-state index in [1.54, 1.807) is 97.1 Å². The minimum absolute atomic E-state index is 0.218. The smallest absolute Gasteiger partial charge is 0.204 e. The second-order valence-electron chi connectivity index (χ2n) is 9.91. The van der Waals surface area contributed by atoms with Gasteiger partial charge in [0.25, 0.3) is 0 Å². The van der Waals surface area contributed by atoms with E-state index in [4.69, 9.17) is 16.3 Å². The maximum atomic E-state index is 14.5. The number of hydrogen-bond donors (Lipinski definition) is 0. The van der Waals surface area contributed by atoms with Crippen molar-refractivity contribution in [1.82, 2.24) is 0 Å². The monoisotopic (exact) mass is 518 g/mol. The summed E-state index contributed by atoms with van der Waals surface area (Å²) < 4.78 is 6.64. The summed E-state index contributed by atoms with van der Waals surface area (Å²) in [6.45, 7) is 0. The lowest BCUT2D eigenvalue weighted by Crippen LogP contribution is -2.51. The third-order valence-corrected chi connectivity index (χ3v) is 8.40. The number of ketones is 4. The highest BCUT2D eigenvalue weighted by atomic mass is 35.5. The molecule has 0 radical (unpaired) electrons. The quantitative estimate of drug-likeness (QED) is 0.301. The predicted octanol–water partition coefficient (Wildman–Crippen LogP) is 6.08. The summed E-state index contributed by atoms with van der Waals surface area (Å²) in [5.74, 6) is -3.24. The Labute approximate surface area is 223 Å². The van der Waals surface area contributed by atoms with Gasteiger partial charge < -0.3 is 4.74 Å². The van der Waals surface area contributed by atoms with Gasteiger partial charge in [0, 0.05) is 27.3 Å². The number of halogens is 1. The van der Waals surface area contributed by atoms with Gasteiger partial charge in [0.05, 0.1) is 5.92 Å². The molecule has 3 aliphatic rings. The van der Waals surface area contributed by atoms with Crippen LogP contribution in [-0.4, -0.2) is 28.7 Å². The van der Waals surface area contributed by atoms with Crippen LogP contribution >= 0.6 is 11.6 Å². The van der Waals surface area contributed by atoms with Crippen LogP contribution in [-0.2, 0) is 4.74 Å². The molecule has 1 aliphatic heterocycles. The van der Waals surface area contributed by atoms with Crippen LogP contribution in [0, 0.1) is 5.41 Å². The van der Waals surface area contributed by atoms with E-state index < -0.39 is 46.2 Å². The largest absolute Gasteiger partial charge is 0.348 e. The lowest BCUT2D eigenvalue weighted by Gasteiger charge is -2.34. The van der Waals surface area contributed by atoms with Crippen LogP contribution in [0.4, 0.5) is 0 Å². The first-order valence-electron chi connectivity index (χ1n) is 12.3. The van der Waals surface area contributed by atoms with E-state index in [0.717, 1.165) is 0 Å². The number of hydrogen-bond acceptors (Lipinski definition) is 5. The van der Waals surface area contributed by atoms with E-state index in [9.17, 15) is 19.2 Å². The van der Waals surface area contributed by atoms with Crippen molar-refractivity contribution in [3.63, 3.8) is 0 Å². The molecule has 0 N–H and O–H groups in total. The first-order chi connectivity index (χ1) is 18.4. The van der Waals surface area contributed by atoms with Crippen molar-refractivity contribution in [2.45, 2.75) is 17.6 Å². The van der Waals surface area contributed by atoms with Crippen LogP contribution in [0.3, 0.4) is 0 Å². The van der Waals surface area contributed by atoms with E-state index in [2.05, 4.69) is 0 Å². The number of ether oxygens (including phenoxy) is 1. The second kappa shape index (κ2) is 7.90. The Bertz CT molecular complexity index is 1620. The summed E-state index contributed by atoms with van der Waals surface area (Å²) >= 11 is 6.21. The molecule has 38 heavy (non-hydrogen) atoms. The van der Waals surface area contributed by atoms with Crippen LogP contribution in [0.1, 0.15) is 64.6 Å². The van der Waals surface area contributed by atoms with Crippen molar-refractivity contribution >= 4 is 34.7 Å². The maximum Gasteiger partial charge on any atom is 0.204 e. The van der Waals surface area contributed by atoms with Crippen molar-refractivity contribution in [3.05, 3.63) is 142 Å². The van der Waals surface area contributed by atoms with Gasteiger partial charge in [0.15, 0.2) is 11.6 Å². The molecule has 1 saturated heterocycles. The molecule has 2 aliphatic carbocycles. The molecule has 6 heteroatoms. The SMILES string of the molecule is O=C1c2ccccc2C(=O)C12O[C@H](c1ccccc1)C1(C(=O)c3ccccc3C1=O)[C@H]2c1ccc(Cl)cc1. The Hall–Kier alpha value is -4.19. The summed E-state index contributed by atoms with van der Waals surface area (Å²) in [6, 6.07) is 28.6. The lowest BCUT2D eigenvalue weighted by atomic mass is 9.60. The Kier molecular flexibility index (Phi) is 4.78. The Morgan fingerprint density at radius 2 is 0.974 bits per heavy atom. The zero-order valence-corrected chi connectivity index (χ0v) is 20.6. The molecule has 1 heterocycles. The normalized spacial score (nSPS) is 22.3. The molecule has 4 aromatic carbocycles. The molecule has 0 amide bonds. The molecule has 0 aromatic heterocycles. The molecule has 0 saturated carbocycles. The standard InChI is InChI=1S/C32H19ClO5/c33-20-16-14-18(15-17-20)25-31(26(34)21-10-4-5-11-22(21)27(31)35)30(19-8-2-1-3-9-19)38-32(25)28(36)23-12-6-7-13-24(23)29(32)37/h1-17,25,30H/t25-,30-/m1/s1. The molecule has 5 nitrogen and oxygen atoms in total. The average molecular weight is 519 g/mol. The fourth-order valence-electron chi connectivity index (χ4n) is 6.61. The second-order valence-corrected chi connectivity index (χ2v) is 10.3. The van der Waals surface area contributed by atoms with E-state index in [1.165, 1.54) is 0 Å². The fourth-order valence-corrected chi connectivity index (χ4v) is 6.74. The highest BCUT2D eigenvalue weighted by Crippen LogP contribution is 2.67. The molecule has 2 spiro atoms. The Balaban J connectivity index is 1.59. The van der Waals surface area contributed by atoms with E-state index in [1.807, 2.05) is 6.07 Å². The van der Waals surface area contributed by atoms with Gasteiger partial charge in [-0.25, -0.2) is 0 Å². The minimum Gasteiger partial charge on any atom is -0.348 e. The van der Waals surface area contributed by atoms with Gasteiger partial charge in [-0.1, -0.05) is 103 Å². The van der Waals surface area contributed by atoms with Crippen molar-refractivity contribution in [1.29, 1.82) is 0 Å². The summed E-state index contributed by atoms with van der Waals surface area (Å²) in [5.41, 5.74) is -2.04. The number of carbonyl (C=O) groups is 4.